The van der Waals surface area contributed by atoms with Crippen LogP contribution in [0.1, 0.15) is 0 Å². The van der Waals surface area contributed by atoms with Crippen LogP contribution in [0.15, 0.2) is 54.7 Å². The third-order valence-electron chi connectivity index (χ3n) is 1.73. The molecule has 0 spiro atoms. The molecule has 0 fully saturated rings. The van der Waals surface area contributed by atoms with Crippen molar-refractivity contribution in [2.45, 2.75) is 0 Å². The van der Waals surface area contributed by atoms with Crippen LogP contribution in [0.3, 0.4) is 0 Å². The fourth-order valence-corrected chi connectivity index (χ4v) is 1.14. The molecule has 1 heterocycles. The van der Waals surface area contributed by atoms with E-state index in [1.165, 1.54) is 0 Å². The quantitative estimate of drug-likeness (QED) is 0.612. The number of benzene rings is 1. The van der Waals surface area contributed by atoms with Gasteiger partial charge in [0.15, 0.2) is 0 Å². The van der Waals surface area contributed by atoms with E-state index in [2.05, 4.69) is 17.1 Å². The maximum atomic E-state index is 4.25. The van der Waals surface area contributed by atoms with Crippen LogP contribution in [-0.4, -0.2) is 4.98 Å². The second kappa shape index (κ2) is 6.96. The molecule has 0 bridgehead atoms. The van der Waals surface area contributed by atoms with Gasteiger partial charge in [0.25, 0.3) is 0 Å². The van der Waals surface area contributed by atoms with Crippen LogP contribution in [0.4, 0.5) is 0 Å². The first-order valence-corrected chi connectivity index (χ1v) is 3.93. The molecule has 1 nitrogen and oxygen atoms in total. The zero-order valence-corrected chi connectivity index (χ0v) is 14.0. The maximum Gasteiger partial charge on any atom is 1.00 e. The van der Waals surface area contributed by atoms with Crippen molar-refractivity contribution >= 4 is 0 Å². The van der Waals surface area contributed by atoms with Crippen LogP contribution in [0.25, 0.3) is 11.3 Å². The van der Waals surface area contributed by atoms with Gasteiger partial charge in [-0.1, -0.05) is 36.4 Å². The summed E-state index contributed by atoms with van der Waals surface area (Å²) in [5.74, 6) is 0. The summed E-state index contributed by atoms with van der Waals surface area (Å²) >= 11 is 0. The van der Waals surface area contributed by atoms with Crippen molar-refractivity contribution in [3.63, 3.8) is 0 Å². The van der Waals surface area contributed by atoms with Gasteiger partial charge in [-0.05, 0) is 12.1 Å². The molecule has 1 aromatic carbocycles. The summed E-state index contributed by atoms with van der Waals surface area (Å²) in [7, 11) is 0. The van der Waals surface area contributed by atoms with Gasteiger partial charge in [-0.2, -0.15) is 0 Å². The zero-order chi connectivity index (χ0) is 8.23. The molecule has 2 rings (SSSR count). The van der Waals surface area contributed by atoms with Gasteiger partial charge in [0.2, 0.25) is 0 Å². The second-order valence-electron chi connectivity index (χ2n) is 2.58. The van der Waals surface area contributed by atoms with Gasteiger partial charge in [0.1, 0.15) is 0 Å². The molecule has 0 unspecified atom stereocenters. The molecule has 0 aliphatic carbocycles. The Hall–Kier alpha value is -0.405. The Kier molecular flexibility index (Phi) is 6.76. The Labute approximate surface area is 110 Å². The smallest absolute Gasteiger partial charge is 1.00 e. The normalized spacial score (nSPS) is 8.29. The Bertz CT molecular complexity index is 313. The molecule has 1 aromatic heterocycles. The minimum atomic E-state index is 0. The van der Waals surface area contributed by atoms with E-state index in [4.69, 9.17) is 0 Å². The van der Waals surface area contributed by atoms with E-state index in [1.807, 2.05) is 42.6 Å². The van der Waals surface area contributed by atoms with Crippen LogP contribution in [0.2, 0.25) is 0 Å². The van der Waals surface area contributed by atoms with E-state index in [1.54, 1.807) is 0 Å². The first kappa shape index (κ1) is 13.6. The van der Waals surface area contributed by atoms with E-state index < -0.39 is 0 Å². The summed E-state index contributed by atoms with van der Waals surface area (Å²) in [6.07, 6.45) is 1.81. The molecular formula is C11H9ClHgN. The molecule has 0 N–H and O–H groups in total. The van der Waals surface area contributed by atoms with E-state index in [-0.39, 0.29) is 40.1 Å². The number of pyridine rings is 1. The van der Waals surface area contributed by atoms with Gasteiger partial charge in [-0.25, -0.2) is 0 Å². The molecule has 0 amide bonds. The molecule has 1 radical (unpaired) electrons. The Morgan fingerprint density at radius 3 is 2.00 bits per heavy atom. The van der Waals surface area contributed by atoms with Gasteiger partial charge in [0, 0.05) is 11.8 Å². The van der Waals surface area contributed by atoms with Crippen LogP contribution >= 0.6 is 0 Å². The van der Waals surface area contributed by atoms with E-state index in [9.17, 15) is 0 Å². The van der Waals surface area contributed by atoms with Crippen molar-refractivity contribution in [3.8, 4) is 11.3 Å². The van der Waals surface area contributed by atoms with Crippen molar-refractivity contribution in [1.29, 1.82) is 0 Å². The van der Waals surface area contributed by atoms with Gasteiger partial charge >= 0.3 is 27.7 Å². The topological polar surface area (TPSA) is 12.9 Å². The number of halogens is 1. The predicted octanol–water partition coefficient (Wildman–Crippen LogP) is -0.250. The number of nitrogens with zero attached hydrogens (tertiary/aromatic N) is 1. The standard InChI is InChI=1S/C11H9N.ClH.Hg/c1-2-6-10(7-3-1)11-8-4-5-9-12-11;;/h1-9H;1H;/q;;+1/p-1. The third-order valence-corrected chi connectivity index (χ3v) is 1.73. The largest absolute Gasteiger partial charge is 1.00 e. The van der Waals surface area contributed by atoms with Gasteiger partial charge in [-0.3, -0.25) is 4.98 Å². The fourth-order valence-electron chi connectivity index (χ4n) is 1.14. The fraction of sp³-hybridized carbons (Fsp3) is 0. The predicted molar refractivity (Wildman–Crippen MR) is 49.7 cm³/mol. The summed E-state index contributed by atoms with van der Waals surface area (Å²) in [5, 5.41) is 0. The molecule has 0 aliphatic rings. The average molecular weight is 391 g/mol. The molecule has 0 saturated carbocycles. The average Bonchev–Trinajstić information content (AvgIpc) is 2.21. The molecular weight excluding hydrogens is 382 g/mol. The molecule has 14 heavy (non-hydrogen) atoms. The minimum Gasteiger partial charge on any atom is -1.00 e. The zero-order valence-electron chi connectivity index (χ0n) is 7.73. The Balaban J connectivity index is 0.000000845. The summed E-state index contributed by atoms with van der Waals surface area (Å²) in [4.78, 5) is 4.25. The summed E-state index contributed by atoms with van der Waals surface area (Å²) in [6.45, 7) is 0. The van der Waals surface area contributed by atoms with Crippen molar-refractivity contribution in [2.24, 2.45) is 0 Å². The number of aromatic nitrogens is 1. The van der Waals surface area contributed by atoms with E-state index >= 15 is 0 Å². The SMILES string of the molecule is [Cl-].[Hg+].c1ccc(-c2ccccn2)cc1. The molecule has 0 atom stereocenters. The van der Waals surface area contributed by atoms with Crippen molar-refractivity contribution in [2.75, 3.05) is 0 Å². The summed E-state index contributed by atoms with van der Waals surface area (Å²) < 4.78 is 0. The summed E-state index contributed by atoms with van der Waals surface area (Å²) in [6, 6.07) is 16.1. The van der Waals surface area contributed by atoms with Crippen LogP contribution in [-0.2, 0) is 27.7 Å². The van der Waals surface area contributed by atoms with Gasteiger partial charge in [0.05, 0.1) is 5.69 Å². The first-order valence-electron chi connectivity index (χ1n) is 3.93. The Morgan fingerprint density at radius 2 is 1.43 bits per heavy atom. The number of rotatable bonds is 1. The van der Waals surface area contributed by atoms with Crippen LogP contribution in [0, 0.1) is 0 Å². The molecule has 67 valence electrons. The second-order valence-corrected chi connectivity index (χ2v) is 2.58. The monoisotopic (exact) mass is 392 g/mol. The van der Waals surface area contributed by atoms with Crippen molar-refractivity contribution < 1.29 is 40.1 Å². The maximum absolute atomic E-state index is 4.25. The number of hydrogen-bond donors (Lipinski definition) is 0. The van der Waals surface area contributed by atoms with Gasteiger partial charge in [-0.15, -0.1) is 0 Å². The molecule has 0 aliphatic heterocycles. The van der Waals surface area contributed by atoms with E-state index in [0.29, 0.717) is 0 Å². The molecule has 0 saturated heterocycles. The molecule has 2 aromatic rings. The van der Waals surface area contributed by atoms with Gasteiger partial charge < -0.3 is 12.4 Å². The summed E-state index contributed by atoms with van der Waals surface area (Å²) in [5.41, 5.74) is 2.19. The Morgan fingerprint density at radius 1 is 0.786 bits per heavy atom. The van der Waals surface area contributed by atoms with Crippen molar-refractivity contribution in [3.05, 3.63) is 54.7 Å². The molecule has 3 heteroatoms. The minimum absolute atomic E-state index is 0. The first-order chi connectivity index (χ1) is 5.97. The van der Waals surface area contributed by atoms with Crippen molar-refractivity contribution in [1.82, 2.24) is 4.98 Å². The van der Waals surface area contributed by atoms with Crippen LogP contribution in [0.5, 0.6) is 0 Å². The number of hydrogen-bond acceptors (Lipinski definition) is 1. The van der Waals surface area contributed by atoms with Crippen LogP contribution < -0.4 is 12.4 Å². The van der Waals surface area contributed by atoms with E-state index in [0.717, 1.165) is 11.3 Å². The third kappa shape index (κ3) is 3.39.